The fraction of sp³-hybridized carbons (Fsp3) is 0.300. The molecule has 4 rings (SSSR count). The van der Waals surface area contributed by atoms with E-state index in [1.165, 1.54) is 11.8 Å². The minimum absolute atomic E-state index is 0.0774. The Balaban J connectivity index is 1.70. The minimum Gasteiger partial charge on any atom is -0.383 e. The largest absolute Gasteiger partial charge is 0.383 e. The Morgan fingerprint density at radius 3 is 2.70 bits per heavy atom. The Morgan fingerprint density at radius 1 is 1.19 bits per heavy atom. The maximum Gasteiger partial charge on any atom is 0.323 e. The zero-order valence-electron chi connectivity index (χ0n) is 15.1. The van der Waals surface area contributed by atoms with Gasteiger partial charge in [-0.15, -0.1) is 11.8 Å². The Morgan fingerprint density at radius 2 is 1.93 bits per heavy atom. The van der Waals surface area contributed by atoms with Crippen molar-refractivity contribution in [1.29, 1.82) is 0 Å². The number of carbonyl (C=O) groups excluding carboxylic acids is 2. The molecule has 0 radical (unpaired) electrons. The molecule has 140 valence electrons. The van der Waals surface area contributed by atoms with Crippen LogP contribution in [0.3, 0.4) is 0 Å². The average molecular weight is 383 g/mol. The van der Waals surface area contributed by atoms with Crippen molar-refractivity contribution in [2.45, 2.75) is 4.87 Å². The fourth-order valence-electron chi connectivity index (χ4n) is 3.68. The number of hydrogen-bond donors (Lipinski definition) is 1. The van der Waals surface area contributed by atoms with Crippen molar-refractivity contribution in [2.24, 2.45) is 0 Å². The van der Waals surface area contributed by atoms with Crippen molar-refractivity contribution in [3.8, 4) is 0 Å². The molecule has 6 nitrogen and oxygen atoms in total. The monoisotopic (exact) mass is 383 g/mol. The predicted octanol–water partition coefficient (Wildman–Crippen LogP) is 3.11. The summed E-state index contributed by atoms with van der Waals surface area (Å²) in [5, 5.41) is 2.92. The van der Waals surface area contributed by atoms with Gasteiger partial charge in [0.15, 0.2) is 4.87 Å². The summed E-state index contributed by atoms with van der Waals surface area (Å²) in [4.78, 5) is 28.9. The van der Waals surface area contributed by atoms with Crippen molar-refractivity contribution in [1.82, 2.24) is 4.90 Å². The van der Waals surface area contributed by atoms with Gasteiger partial charge in [0.25, 0.3) is 5.91 Å². The molecular formula is C20H21N3O3S. The van der Waals surface area contributed by atoms with Crippen LogP contribution in [0, 0.1) is 0 Å². The first kappa shape index (κ1) is 17.9. The van der Waals surface area contributed by atoms with E-state index in [2.05, 4.69) is 5.32 Å². The molecule has 2 aromatic carbocycles. The number of carbonyl (C=O) groups is 2. The first-order valence-corrected chi connectivity index (χ1v) is 9.85. The Hall–Kier alpha value is -2.51. The molecule has 1 fully saturated rings. The summed E-state index contributed by atoms with van der Waals surface area (Å²) >= 11 is 1.52. The molecule has 1 saturated heterocycles. The third-order valence-corrected chi connectivity index (χ3v) is 6.31. The number of para-hydroxylation sites is 2. The minimum atomic E-state index is -1.01. The number of nitrogens with one attached hydrogen (secondary N) is 1. The molecule has 2 aliphatic rings. The van der Waals surface area contributed by atoms with Crippen LogP contribution in [0.2, 0.25) is 0 Å². The quantitative estimate of drug-likeness (QED) is 0.881. The first-order chi connectivity index (χ1) is 13.2. The molecule has 0 bridgehead atoms. The number of methoxy groups -OCH3 is 1. The molecule has 7 heteroatoms. The van der Waals surface area contributed by atoms with Gasteiger partial charge in [-0.1, -0.05) is 36.4 Å². The SMILES string of the molecule is COCCN1C(=O)[C@]2(SCCN2C(=O)Nc2ccccc2)c2ccccc21. The molecule has 1 spiro atoms. The number of hydrogen-bond acceptors (Lipinski definition) is 4. The summed E-state index contributed by atoms with van der Waals surface area (Å²) in [5.41, 5.74) is 2.44. The number of benzene rings is 2. The number of urea groups is 1. The lowest BCUT2D eigenvalue weighted by Gasteiger charge is -2.33. The molecule has 1 atom stereocenters. The highest BCUT2D eigenvalue weighted by molar-refractivity contribution is 8.01. The van der Waals surface area contributed by atoms with Crippen LogP contribution in [0.15, 0.2) is 54.6 Å². The van der Waals surface area contributed by atoms with Crippen LogP contribution in [0.4, 0.5) is 16.2 Å². The maximum atomic E-state index is 13.5. The van der Waals surface area contributed by atoms with Crippen LogP contribution in [0.25, 0.3) is 0 Å². The van der Waals surface area contributed by atoms with E-state index in [1.807, 2.05) is 54.6 Å². The van der Waals surface area contributed by atoms with Crippen molar-refractivity contribution >= 4 is 35.1 Å². The molecule has 27 heavy (non-hydrogen) atoms. The number of nitrogens with zero attached hydrogens (tertiary/aromatic N) is 2. The summed E-state index contributed by atoms with van der Waals surface area (Å²) < 4.78 is 5.18. The van der Waals surface area contributed by atoms with Gasteiger partial charge in [0.2, 0.25) is 0 Å². The van der Waals surface area contributed by atoms with Gasteiger partial charge in [0.05, 0.1) is 12.3 Å². The third kappa shape index (κ3) is 2.87. The van der Waals surface area contributed by atoms with E-state index < -0.39 is 4.87 Å². The normalized spacial score (nSPS) is 21.0. The Kier molecular flexibility index (Phi) is 4.80. The van der Waals surface area contributed by atoms with Crippen LogP contribution in [0.1, 0.15) is 5.56 Å². The van der Waals surface area contributed by atoms with Gasteiger partial charge in [-0.05, 0) is 18.2 Å². The van der Waals surface area contributed by atoms with E-state index in [4.69, 9.17) is 4.74 Å². The van der Waals surface area contributed by atoms with E-state index in [0.29, 0.717) is 31.1 Å². The van der Waals surface area contributed by atoms with Crippen LogP contribution in [-0.2, 0) is 14.4 Å². The lowest BCUT2D eigenvalue weighted by atomic mass is 10.1. The molecule has 2 aromatic rings. The Labute approximate surface area is 162 Å². The fourth-order valence-corrected chi connectivity index (χ4v) is 5.15. The van der Waals surface area contributed by atoms with Crippen molar-refractivity contribution in [3.63, 3.8) is 0 Å². The number of thioether (sulfide) groups is 1. The van der Waals surface area contributed by atoms with E-state index in [0.717, 1.165) is 11.3 Å². The van der Waals surface area contributed by atoms with Gasteiger partial charge in [-0.3, -0.25) is 9.69 Å². The van der Waals surface area contributed by atoms with Gasteiger partial charge in [-0.25, -0.2) is 4.79 Å². The molecule has 1 N–H and O–H groups in total. The van der Waals surface area contributed by atoms with Gasteiger partial charge < -0.3 is 15.0 Å². The lowest BCUT2D eigenvalue weighted by Crippen LogP contribution is -2.52. The number of ether oxygens (including phenoxy) is 1. The standard InChI is InChI=1S/C20H21N3O3S/c1-26-13-11-22-17-10-6-5-9-16(17)20(18(22)24)23(12-14-27-20)19(25)21-15-7-3-2-4-8-15/h2-10H,11-14H2,1H3,(H,21,25)/t20-/m1/s1. The molecule has 0 saturated carbocycles. The third-order valence-electron chi connectivity index (χ3n) is 4.89. The zero-order chi connectivity index (χ0) is 18.9. The predicted molar refractivity (Wildman–Crippen MR) is 107 cm³/mol. The average Bonchev–Trinajstić information content (AvgIpc) is 3.24. The Bertz CT molecular complexity index is 861. The molecule has 0 aliphatic carbocycles. The molecule has 3 amide bonds. The van der Waals surface area contributed by atoms with Crippen LogP contribution < -0.4 is 10.2 Å². The van der Waals surface area contributed by atoms with Crippen molar-refractivity contribution in [2.75, 3.05) is 42.8 Å². The second kappa shape index (κ2) is 7.25. The highest BCUT2D eigenvalue weighted by atomic mass is 32.2. The van der Waals surface area contributed by atoms with Gasteiger partial charge in [0, 0.05) is 37.2 Å². The van der Waals surface area contributed by atoms with Crippen molar-refractivity contribution in [3.05, 3.63) is 60.2 Å². The van der Waals surface area contributed by atoms with Crippen LogP contribution >= 0.6 is 11.8 Å². The summed E-state index contributed by atoms with van der Waals surface area (Å²) in [5.74, 6) is 0.631. The van der Waals surface area contributed by atoms with E-state index in [9.17, 15) is 9.59 Å². The second-order valence-corrected chi connectivity index (χ2v) is 7.69. The molecule has 0 aromatic heterocycles. The molecular weight excluding hydrogens is 362 g/mol. The lowest BCUT2D eigenvalue weighted by molar-refractivity contribution is -0.123. The van der Waals surface area contributed by atoms with E-state index >= 15 is 0 Å². The smallest absolute Gasteiger partial charge is 0.323 e. The summed E-state index contributed by atoms with van der Waals surface area (Å²) in [7, 11) is 1.62. The van der Waals surface area contributed by atoms with Crippen LogP contribution in [-0.4, -0.2) is 49.4 Å². The van der Waals surface area contributed by atoms with E-state index in [-0.39, 0.29) is 11.9 Å². The van der Waals surface area contributed by atoms with Gasteiger partial charge in [0.1, 0.15) is 0 Å². The number of rotatable bonds is 4. The topological polar surface area (TPSA) is 61.9 Å². The summed E-state index contributed by atoms with van der Waals surface area (Å²) in [6.07, 6.45) is 0. The van der Waals surface area contributed by atoms with Gasteiger partial charge in [-0.2, -0.15) is 0 Å². The highest BCUT2D eigenvalue weighted by Gasteiger charge is 2.59. The second-order valence-electron chi connectivity index (χ2n) is 6.41. The van der Waals surface area contributed by atoms with E-state index in [1.54, 1.807) is 16.9 Å². The number of fused-ring (bicyclic) bond motifs is 2. The molecule has 2 heterocycles. The maximum absolute atomic E-state index is 13.5. The van der Waals surface area contributed by atoms with Crippen molar-refractivity contribution < 1.29 is 14.3 Å². The highest BCUT2D eigenvalue weighted by Crippen LogP contribution is 2.53. The summed E-state index contributed by atoms with van der Waals surface area (Å²) in [6, 6.07) is 16.8. The van der Waals surface area contributed by atoms with Crippen LogP contribution in [0.5, 0.6) is 0 Å². The van der Waals surface area contributed by atoms with Gasteiger partial charge >= 0.3 is 6.03 Å². The molecule has 0 unspecified atom stereocenters. The number of anilines is 2. The first-order valence-electron chi connectivity index (χ1n) is 8.86. The zero-order valence-corrected chi connectivity index (χ0v) is 15.9. The summed E-state index contributed by atoms with van der Waals surface area (Å²) in [6.45, 7) is 1.42. The number of amides is 3. The molecule has 2 aliphatic heterocycles.